The largest absolute Gasteiger partial charge is 0.506 e. The first-order chi connectivity index (χ1) is 15.2. The molecule has 7 heteroatoms. The van der Waals surface area contributed by atoms with Crippen LogP contribution in [0.15, 0.2) is 95.1 Å². The second-order valence-corrected chi connectivity index (χ2v) is 7.73. The van der Waals surface area contributed by atoms with Crippen LogP contribution in [0.2, 0.25) is 0 Å². The summed E-state index contributed by atoms with van der Waals surface area (Å²) in [5.41, 5.74) is 8.63. The monoisotopic (exact) mass is 426 g/mol. The van der Waals surface area contributed by atoms with Gasteiger partial charge in [-0.3, -0.25) is 20.2 Å². The fourth-order valence-corrected chi connectivity index (χ4v) is 4.14. The Morgan fingerprint density at radius 1 is 0.839 bits per heavy atom. The van der Waals surface area contributed by atoms with E-state index < -0.39 is 0 Å². The average molecular weight is 427 g/mol. The van der Waals surface area contributed by atoms with E-state index in [0.29, 0.717) is 21.7 Å². The minimum atomic E-state index is -0.324. The van der Waals surface area contributed by atoms with Crippen LogP contribution in [0, 0.1) is 0 Å². The standard InChI is InChI=1S/C24H18N4O2S/c29-22-18-13-7-8-14-20(18)28(17-11-5-2-6-12-17)23(30)21(22)19-15-31-24(25-19)27-26-16-9-3-1-4-10-16/h1-15,26,29H,(H,25,27). The van der Waals surface area contributed by atoms with Gasteiger partial charge in [-0.2, -0.15) is 0 Å². The number of hydrazine groups is 1. The summed E-state index contributed by atoms with van der Waals surface area (Å²) in [7, 11) is 0. The molecule has 0 saturated heterocycles. The lowest BCUT2D eigenvalue weighted by Gasteiger charge is -2.14. The van der Waals surface area contributed by atoms with Crippen molar-refractivity contribution < 1.29 is 5.11 Å². The molecule has 0 bridgehead atoms. The van der Waals surface area contributed by atoms with Crippen molar-refractivity contribution in [3.05, 3.63) is 101 Å². The number of aromatic nitrogens is 2. The van der Waals surface area contributed by atoms with Crippen molar-refractivity contribution in [2.75, 3.05) is 10.9 Å². The van der Waals surface area contributed by atoms with Crippen LogP contribution in [0.5, 0.6) is 5.75 Å². The van der Waals surface area contributed by atoms with E-state index >= 15 is 0 Å². The fourth-order valence-electron chi connectivity index (χ4n) is 3.48. The zero-order chi connectivity index (χ0) is 21.2. The molecular weight excluding hydrogens is 408 g/mol. The van der Waals surface area contributed by atoms with Gasteiger partial charge < -0.3 is 5.11 Å². The van der Waals surface area contributed by atoms with Crippen LogP contribution in [-0.4, -0.2) is 14.7 Å². The van der Waals surface area contributed by atoms with Crippen LogP contribution in [0.25, 0.3) is 27.8 Å². The lowest BCUT2D eigenvalue weighted by molar-refractivity contribution is 0.482. The number of aromatic hydroxyl groups is 1. The Labute approximate surface area is 182 Å². The van der Waals surface area contributed by atoms with Crippen LogP contribution < -0.4 is 16.4 Å². The Hall–Kier alpha value is -4.10. The third-order valence-electron chi connectivity index (χ3n) is 4.92. The Kier molecular flexibility index (Phi) is 4.86. The van der Waals surface area contributed by atoms with Gasteiger partial charge in [0, 0.05) is 16.5 Å². The summed E-state index contributed by atoms with van der Waals surface area (Å²) in [4.78, 5) is 18.1. The van der Waals surface area contributed by atoms with Crippen LogP contribution in [-0.2, 0) is 0 Å². The molecule has 0 aliphatic rings. The Morgan fingerprint density at radius 3 is 2.29 bits per heavy atom. The lowest BCUT2D eigenvalue weighted by Crippen LogP contribution is -2.21. The third kappa shape index (κ3) is 3.51. The second-order valence-electron chi connectivity index (χ2n) is 6.87. The molecule has 2 aromatic heterocycles. The number of thiazole rings is 1. The number of anilines is 2. The maximum Gasteiger partial charge on any atom is 0.268 e. The second kappa shape index (κ2) is 7.97. The van der Waals surface area contributed by atoms with Crippen LogP contribution >= 0.6 is 11.3 Å². The number of hydrogen-bond donors (Lipinski definition) is 3. The molecule has 0 aliphatic heterocycles. The van der Waals surface area contributed by atoms with Gasteiger partial charge in [-0.05, 0) is 36.4 Å². The summed E-state index contributed by atoms with van der Waals surface area (Å²) < 4.78 is 1.61. The Morgan fingerprint density at radius 2 is 1.52 bits per heavy atom. The maximum absolute atomic E-state index is 13.5. The molecule has 0 radical (unpaired) electrons. The molecule has 6 nitrogen and oxygen atoms in total. The summed E-state index contributed by atoms with van der Waals surface area (Å²) in [6, 6.07) is 26.3. The van der Waals surface area contributed by atoms with E-state index in [4.69, 9.17) is 0 Å². The van der Waals surface area contributed by atoms with Gasteiger partial charge >= 0.3 is 0 Å². The first-order valence-corrected chi connectivity index (χ1v) is 10.6. The number of hydrogen-bond acceptors (Lipinski definition) is 6. The maximum atomic E-state index is 13.5. The highest BCUT2D eigenvalue weighted by molar-refractivity contribution is 7.14. The number of benzene rings is 3. The van der Waals surface area contributed by atoms with Gasteiger partial charge in [0.2, 0.25) is 5.13 Å². The van der Waals surface area contributed by atoms with Gasteiger partial charge in [-0.15, -0.1) is 11.3 Å². The van der Waals surface area contributed by atoms with E-state index in [1.54, 1.807) is 16.0 Å². The molecule has 0 fully saturated rings. The zero-order valence-corrected chi connectivity index (χ0v) is 17.1. The van der Waals surface area contributed by atoms with Crippen molar-refractivity contribution in [2.45, 2.75) is 0 Å². The highest BCUT2D eigenvalue weighted by atomic mass is 32.1. The molecule has 0 unspecified atom stereocenters. The van der Waals surface area contributed by atoms with Crippen LogP contribution in [0.3, 0.4) is 0 Å². The summed E-state index contributed by atoms with van der Waals surface area (Å²) in [5, 5.41) is 13.9. The van der Waals surface area contributed by atoms with Gasteiger partial charge in [0.1, 0.15) is 11.3 Å². The SMILES string of the molecule is O=c1c(-c2csc(NNc3ccccc3)n2)c(O)c2ccccc2n1-c1ccccc1. The summed E-state index contributed by atoms with van der Waals surface area (Å²) in [5.74, 6) is -0.0688. The number of nitrogens with zero attached hydrogens (tertiary/aromatic N) is 2. The molecule has 0 aliphatic carbocycles. The van der Waals surface area contributed by atoms with Crippen molar-refractivity contribution >= 4 is 33.1 Å². The molecule has 3 N–H and O–H groups in total. The highest BCUT2D eigenvalue weighted by Gasteiger charge is 2.20. The van der Waals surface area contributed by atoms with Gasteiger partial charge in [0.05, 0.1) is 16.9 Å². The van der Waals surface area contributed by atoms with E-state index in [-0.39, 0.29) is 16.9 Å². The topological polar surface area (TPSA) is 79.2 Å². The van der Waals surface area contributed by atoms with Gasteiger partial charge in [-0.25, -0.2) is 4.98 Å². The predicted molar refractivity (Wildman–Crippen MR) is 126 cm³/mol. The summed E-state index contributed by atoms with van der Waals surface area (Å²) in [6.07, 6.45) is 0. The Bertz CT molecular complexity index is 1410. The molecular formula is C24H18N4O2S. The molecule has 5 rings (SSSR count). The highest BCUT2D eigenvalue weighted by Crippen LogP contribution is 2.35. The van der Waals surface area contributed by atoms with Crippen LogP contribution in [0.1, 0.15) is 0 Å². The summed E-state index contributed by atoms with van der Waals surface area (Å²) in [6.45, 7) is 0. The van der Waals surface area contributed by atoms with Gasteiger partial charge in [0.25, 0.3) is 5.56 Å². The van der Waals surface area contributed by atoms with E-state index in [2.05, 4.69) is 15.8 Å². The Balaban J connectivity index is 1.61. The first kappa shape index (κ1) is 18.9. The van der Waals surface area contributed by atoms with E-state index in [9.17, 15) is 9.90 Å². The van der Waals surface area contributed by atoms with Gasteiger partial charge in [-0.1, -0.05) is 48.5 Å². The molecule has 5 aromatic rings. The number of para-hydroxylation sites is 3. The molecule has 3 aromatic carbocycles. The molecule has 0 spiro atoms. The normalized spacial score (nSPS) is 10.8. The fraction of sp³-hybridized carbons (Fsp3) is 0. The molecule has 2 heterocycles. The van der Waals surface area contributed by atoms with E-state index in [1.807, 2.05) is 78.9 Å². The van der Waals surface area contributed by atoms with Crippen molar-refractivity contribution in [1.29, 1.82) is 0 Å². The molecule has 0 amide bonds. The number of nitrogens with one attached hydrogen (secondary N) is 2. The third-order valence-corrected chi connectivity index (χ3v) is 5.67. The molecule has 152 valence electrons. The average Bonchev–Trinajstić information content (AvgIpc) is 3.28. The minimum absolute atomic E-state index is 0.0688. The lowest BCUT2D eigenvalue weighted by atomic mass is 10.1. The molecule has 0 atom stereocenters. The number of fused-ring (bicyclic) bond motifs is 1. The van der Waals surface area contributed by atoms with Crippen molar-refractivity contribution in [1.82, 2.24) is 9.55 Å². The molecule has 31 heavy (non-hydrogen) atoms. The smallest absolute Gasteiger partial charge is 0.268 e. The first-order valence-electron chi connectivity index (χ1n) is 9.67. The van der Waals surface area contributed by atoms with Crippen molar-refractivity contribution in [2.24, 2.45) is 0 Å². The van der Waals surface area contributed by atoms with Crippen molar-refractivity contribution in [3.63, 3.8) is 0 Å². The van der Waals surface area contributed by atoms with Crippen molar-refractivity contribution in [3.8, 4) is 22.7 Å². The van der Waals surface area contributed by atoms with E-state index in [0.717, 1.165) is 11.4 Å². The number of rotatable bonds is 5. The van der Waals surface area contributed by atoms with Crippen LogP contribution in [0.4, 0.5) is 10.8 Å². The number of pyridine rings is 1. The predicted octanol–water partition coefficient (Wildman–Crippen LogP) is 5.26. The molecule has 0 saturated carbocycles. The van der Waals surface area contributed by atoms with Gasteiger partial charge in [0.15, 0.2) is 0 Å². The zero-order valence-electron chi connectivity index (χ0n) is 16.3. The van der Waals surface area contributed by atoms with E-state index in [1.165, 1.54) is 11.3 Å². The summed E-state index contributed by atoms with van der Waals surface area (Å²) >= 11 is 1.34. The quantitative estimate of drug-likeness (QED) is 0.334. The minimum Gasteiger partial charge on any atom is -0.506 e.